The number of hydrogen-bond donors (Lipinski definition) is 2. The Morgan fingerprint density at radius 3 is 3.09 bits per heavy atom. The Kier molecular flexibility index (Phi) is 3.70. The number of aromatic nitrogens is 3. The number of ether oxygens (including phenoxy) is 1. The number of nitrogens with one attached hydrogen (secondary N) is 2. The fourth-order valence-corrected chi connectivity index (χ4v) is 3.34. The Morgan fingerprint density at radius 1 is 1.39 bits per heavy atom. The monoisotopic (exact) mass is 313 g/mol. The van der Waals surface area contributed by atoms with E-state index in [1.165, 1.54) is 6.33 Å². The Bertz CT molecular complexity index is 688. The summed E-state index contributed by atoms with van der Waals surface area (Å²) in [5.74, 6) is 0. The zero-order chi connectivity index (χ0) is 15.6. The van der Waals surface area contributed by atoms with Gasteiger partial charge in [0, 0.05) is 6.54 Å². The molecule has 2 aliphatic rings. The first-order valence-corrected chi connectivity index (χ1v) is 7.92. The Balaban J connectivity index is 1.32. The number of carbonyl (C=O) groups excluding carboxylic acids is 1. The highest BCUT2D eigenvalue weighted by atomic mass is 16.5. The van der Waals surface area contributed by atoms with Crippen molar-refractivity contribution < 1.29 is 9.53 Å². The molecule has 3 atom stereocenters. The van der Waals surface area contributed by atoms with Crippen molar-refractivity contribution in [1.82, 2.24) is 25.4 Å². The van der Waals surface area contributed by atoms with Crippen LogP contribution in [0.4, 0.5) is 4.79 Å². The first-order chi connectivity index (χ1) is 11.3. The summed E-state index contributed by atoms with van der Waals surface area (Å²) < 4.78 is 7.44. The number of carbonyl (C=O) groups is 1. The van der Waals surface area contributed by atoms with Gasteiger partial charge in [-0.15, -0.1) is 0 Å². The summed E-state index contributed by atoms with van der Waals surface area (Å²) in [4.78, 5) is 16.0. The fourth-order valence-electron chi connectivity index (χ4n) is 3.34. The molecular formula is C16H19N5O2. The van der Waals surface area contributed by atoms with Crippen LogP contribution in [0.5, 0.6) is 0 Å². The molecule has 23 heavy (non-hydrogen) atoms. The van der Waals surface area contributed by atoms with Gasteiger partial charge >= 0.3 is 6.03 Å². The zero-order valence-corrected chi connectivity index (χ0v) is 12.7. The molecule has 1 aromatic carbocycles. The van der Waals surface area contributed by atoms with E-state index >= 15 is 0 Å². The lowest BCUT2D eigenvalue weighted by Gasteiger charge is -2.20. The summed E-state index contributed by atoms with van der Waals surface area (Å²) in [6.07, 6.45) is 6.78. The summed E-state index contributed by atoms with van der Waals surface area (Å²) in [6.45, 7) is 0.468. The molecule has 2 fully saturated rings. The third-order valence-electron chi connectivity index (χ3n) is 4.47. The van der Waals surface area contributed by atoms with Crippen LogP contribution in [0.25, 0.3) is 5.69 Å². The van der Waals surface area contributed by atoms with Crippen LogP contribution < -0.4 is 10.6 Å². The maximum atomic E-state index is 12.1. The van der Waals surface area contributed by atoms with Crippen LogP contribution in [-0.4, -0.2) is 39.0 Å². The van der Waals surface area contributed by atoms with Gasteiger partial charge in [-0.3, -0.25) is 0 Å². The van der Waals surface area contributed by atoms with Gasteiger partial charge in [-0.2, -0.15) is 5.10 Å². The smallest absolute Gasteiger partial charge is 0.315 e. The van der Waals surface area contributed by atoms with Crippen LogP contribution in [0.3, 0.4) is 0 Å². The molecular weight excluding hydrogens is 294 g/mol. The lowest BCUT2D eigenvalue weighted by atomic mass is 9.96. The average molecular weight is 313 g/mol. The number of fused-ring (bicyclic) bond motifs is 2. The standard InChI is InChI=1S/C16H19N5O2/c22-16(20-14-7-13-4-5-15(14)23-13)18-8-11-2-1-3-12(6-11)21-10-17-9-19-21/h1-3,6,9-10,13-15H,4-5,7-8H2,(H2,18,20,22)/t13-,14+,15-/m1/s1. The largest absolute Gasteiger partial charge is 0.373 e. The molecule has 4 rings (SSSR count). The molecule has 3 heterocycles. The lowest BCUT2D eigenvalue weighted by Crippen LogP contribution is -2.46. The van der Waals surface area contributed by atoms with Crippen molar-refractivity contribution >= 4 is 6.03 Å². The zero-order valence-electron chi connectivity index (χ0n) is 12.7. The lowest BCUT2D eigenvalue weighted by molar-refractivity contribution is 0.0981. The highest BCUT2D eigenvalue weighted by Gasteiger charge is 2.41. The van der Waals surface area contributed by atoms with Gasteiger partial charge in [0.25, 0.3) is 0 Å². The van der Waals surface area contributed by atoms with Crippen LogP contribution in [0, 0.1) is 0 Å². The third-order valence-corrected chi connectivity index (χ3v) is 4.47. The van der Waals surface area contributed by atoms with Crippen molar-refractivity contribution in [2.75, 3.05) is 0 Å². The molecule has 0 saturated carbocycles. The Labute approximate surface area is 134 Å². The topological polar surface area (TPSA) is 81.1 Å². The van der Waals surface area contributed by atoms with Crippen LogP contribution >= 0.6 is 0 Å². The third kappa shape index (κ3) is 3.05. The molecule has 2 aromatic rings. The van der Waals surface area contributed by atoms with Gasteiger partial charge in [0.15, 0.2) is 0 Å². The summed E-state index contributed by atoms with van der Waals surface area (Å²) in [7, 11) is 0. The van der Waals surface area contributed by atoms with Crippen LogP contribution in [0.2, 0.25) is 0 Å². The normalized spacial score (nSPS) is 25.5. The summed E-state index contributed by atoms with van der Waals surface area (Å²) in [5.41, 5.74) is 1.93. The highest BCUT2D eigenvalue weighted by molar-refractivity contribution is 5.74. The van der Waals surface area contributed by atoms with Crippen molar-refractivity contribution in [3.8, 4) is 5.69 Å². The molecule has 2 aliphatic heterocycles. The van der Waals surface area contributed by atoms with Gasteiger partial charge in [-0.1, -0.05) is 12.1 Å². The summed E-state index contributed by atoms with van der Waals surface area (Å²) >= 11 is 0. The van der Waals surface area contributed by atoms with Gasteiger partial charge in [0.05, 0.1) is 23.9 Å². The average Bonchev–Trinajstić information content (AvgIpc) is 3.30. The highest BCUT2D eigenvalue weighted by Crippen LogP contribution is 2.34. The van der Waals surface area contributed by atoms with E-state index in [1.54, 1.807) is 11.0 Å². The molecule has 7 heteroatoms. The number of nitrogens with zero attached hydrogens (tertiary/aromatic N) is 3. The number of amides is 2. The molecule has 2 bridgehead atoms. The molecule has 2 N–H and O–H groups in total. The summed E-state index contributed by atoms with van der Waals surface area (Å²) in [6, 6.07) is 7.85. The molecule has 2 amide bonds. The van der Waals surface area contributed by atoms with E-state index in [0.717, 1.165) is 30.5 Å². The quantitative estimate of drug-likeness (QED) is 0.894. The van der Waals surface area contributed by atoms with E-state index in [9.17, 15) is 4.79 Å². The molecule has 2 saturated heterocycles. The van der Waals surface area contributed by atoms with Crippen molar-refractivity contribution in [3.63, 3.8) is 0 Å². The van der Waals surface area contributed by atoms with E-state index < -0.39 is 0 Å². The van der Waals surface area contributed by atoms with Crippen LogP contribution in [0.1, 0.15) is 24.8 Å². The second-order valence-electron chi connectivity index (χ2n) is 6.05. The number of rotatable bonds is 4. The minimum atomic E-state index is -0.141. The second-order valence-corrected chi connectivity index (χ2v) is 6.05. The minimum absolute atomic E-state index is 0.141. The van der Waals surface area contributed by atoms with Gasteiger partial charge in [-0.25, -0.2) is 14.5 Å². The van der Waals surface area contributed by atoms with Crippen molar-refractivity contribution in [3.05, 3.63) is 42.5 Å². The molecule has 0 aliphatic carbocycles. The van der Waals surface area contributed by atoms with E-state index in [4.69, 9.17) is 4.74 Å². The Morgan fingerprint density at radius 2 is 2.35 bits per heavy atom. The van der Waals surface area contributed by atoms with Crippen LogP contribution in [0.15, 0.2) is 36.9 Å². The van der Waals surface area contributed by atoms with E-state index in [2.05, 4.69) is 20.7 Å². The Hall–Kier alpha value is -2.41. The first-order valence-electron chi connectivity index (χ1n) is 7.92. The number of urea groups is 1. The summed E-state index contributed by atoms with van der Waals surface area (Å²) in [5, 5.41) is 10.0. The molecule has 0 radical (unpaired) electrons. The molecule has 1 aromatic heterocycles. The van der Waals surface area contributed by atoms with Crippen molar-refractivity contribution in [2.24, 2.45) is 0 Å². The molecule has 120 valence electrons. The van der Waals surface area contributed by atoms with E-state index in [1.807, 2.05) is 24.3 Å². The van der Waals surface area contributed by atoms with Crippen molar-refractivity contribution in [2.45, 2.75) is 44.1 Å². The van der Waals surface area contributed by atoms with Gasteiger partial charge < -0.3 is 15.4 Å². The molecule has 0 spiro atoms. The van der Waals surface area contributed by atoms with Crippen molar-refractivity contribution in [1.29, 1.82) is 0 Å². The number of benzene rings is 1. The predicted octanol–water partition coefficient (Wildman–Crippen LogP) is 1.39. The van der Waals surface area contributed by atoms with Gasteiger partial charge in [0.2, 0.25) is 0 Å². The van der Waals surface area contributed by atoms with E-state index in [-0.39, 0.29) is 18.2 Å². The van der Waals surface area contributed by atoms with Crippen LogP contribution in [-0.2, 0) is 11.3 Å². The van der Waals surface area contributed by atoms with E-state index in [0.29, 0.717) is 12.6 Å². The van der Waals surface area contributed by atoms with Gasteiger partial charge in [-0.05, 0) is 37.0 Å². The second kappa shape index (κ2) is 6.00. The molecule has 7 nitrogen and oxygen atoms in total. The maximum Gasteiger partial charge on any atom is 0.315 e. The first kappa shape index (κ1) is 14.2. The SMILES string of the molecule is O=C(NCc1cccc(-n2cncn2)c1)N[C@H]1C[C@H]2CC[C@H]1O2. The predicted molar refractivity (Wildman–Crippen MR) is 83.0 cm³/mol. The fraction of sp³-hybridized carbons (Fsp3) is 0.438. The number of hydrogen-bond acceptors (Lipinski definition) is 4. The minimum Gasteiger partial charge on any atom is -0.373 e. The maximum absolute atomic E-state index is 12.1. The van der Waals surface area contributed by atoms with Gasteiger partial charge in [0.1, 0.15) is 12.7 Å². The molecule has 0 unspecified atom stereocenters.